The summed E-state index contributed by atoms with van der Waals surface area (Å²) in [4.78, 5) is 25.3. The summed E-state index contributed by atoms with van der Waals surface area (Å²) in [6.45, 7) is 3.55. The van der Waals surface area contributed by atoms with Crippen LogP contribution in [0.25, 0.3) is 0 Å². The van der Waals surface area contributed by atoms with Gasteiger partial charge >= 0.3 is 0 Å². The molecule has 2 N–H and O–H groups in total. The molecule has 5 heteroatoms. The average molecular weight is 297 g/mol. The molecule has 17 heavy (non-hydrogen) atoms. The quantitative estimate of drug-likeness (QED) is 0.638. The molecule has 1 heterocycles. The van der Waals surface area contributed by atoms with Gasteiger partial charge in [0.25, 0.3) is 0 Å². The fraction of sp³-hybridized carbons (Fsp3) is 0.333. The Hall–Kier alpha value is -1.36. The van der Waals surface area contributed by atoms with Crippen LogP contribution in [0, 0.1) is 11.8 Å². The van der Waals surface area contributed by atoms with Crippen molar-refractivity contribution >= 4 is 39.1 Å². The van der Waals surface area contributed by atoms with Gasteiger partial charge in [0.15, 0.2) is 0 Å². The van der Waals surface area contributed by atoms with Gasteiger partial charge in [-0.25, -0.2) is 4.90 Å². The molecule has 90 valence electrons. The number of benzene rings is 1. The Morgan fingerprint density at radius 1 is 1.18 bits per heavy atom. The third kappa shape index (κ3) is 1.84. The van der Waals surface area contributed by atoms with Crippen LogP contribution in [0.4, 0.5) is 11.4 Å². The second kappa shape index (κ2) is 4.14. The number of hydrogen-bond donors (Lipinski definition) is 1. The molecule has 0 bridgehead atoms. The molecule has 1 aromatic carbocycles. The van der Waals surface area contributed by atoms with Crippen molar-refractivity contribution in [1.82, 2.24) is 0 Å². The minimum absolute atomic E-state index is 0.159. The fourth-order valence-electron chi connectivity index (χ4n) is 1.89. The fourth-order valence-corrected chi connectivity index (χ4v) is 2.46. The average Bonchev–Trinajstić information content (AvgIpc) is 2.45. The lowest BCUT2D eigenvalue weighted by Gasteiger charge is -2.16. The first-order valence-electron chi connectivity index (χ1n) is 5.36. The normalized spacial score (nSPS) is 24.5. The van der Waals surface area contributed by atoms with E-state index in [0.717, 1.165) is 0 Å². The highest BCUT2D eigenvalue weighted by molar-refractivity contribution is 9.10. The number of anilines is 2. The highest BCUT2D eigenvalue weighted by Gasteiger charge is 2.43. The Bertz CT molecular complexity index is 481. The van der Waals surface area contributed by atoms with Gasteiger partial charge in [-0.1, -0.05) is 13.8 Å². The molecular weight excluding hydrogens is 284 g/mol. The molecule has 0 aromatic heterocycles. The molecule has 1 aliphatic heterocycles. The number of rotatable bonds is 1. The number of amides is 2. The third-order valence-electron chi connectivity index (χ3n) is 3.18. The van der Waals surface area contributed by atoms with Crippen LogP contribution in [0.15, 0.2) is 22.7 Å². The minimum atomic E-state index is -0.271. The number of carbonyl (C=O) groups excluding carboxylic acids is 2. The number of halogens is 1. The summed E-state index contributed by atoms with van der Waals surface area (Å²) < 4.78 is 0.653. The lowest BCUT2D eigenvalue weighted by Crippen LogP contribution is -2.30. The van der Waals surface area contributed by atoms with E-state index in [2.05, 4.69) is 15.9 Å². The van der Waals surface area contributed by atoms with Gasteiger partial charge in [-0.15, -0.1) is 0 Å². The van der Waals surface area contributed by atoms with Crippen molar-refractivity contribution < 1.29 is 9.59 Å². The van der Waals surface area contributed by atoms with Crippen molar-refractivity contribution in [2.45, 2.75) is 13.8 Å². The van der Waals surface area contributed by atoms with E-state index in [1.165, 1.54) is 4.90 Å². The molecule has 1 fully saturated rings. The summed E-state index contributed by atoms with van der Waals surface area (Å²) in [5.41, 5.74) is 6.78. The number of imide groups is 1. The van der Waals surface area contributed by atoms with Gasteiger partial charge in [0, 0.05) is 22.0 Å². The maximum atomic E-state index is 12.0. The van der Waals surface area contributed by atoms with Crippen molar-refractivity contribution in [3.8, 4) is 0 Å². The zero-order chi connectivity index (χ0) is 12.7. The molecule has 0 aliphatic carbocycles. The Morgan fingerprint density at radius 3 is 2.18 bits per heavy atom. The second-order valence-corrected chi connectivity index (χ2v) is 5.15. The molecule has 2 atom stereocenters. The molecule has 2 unspecified atom stereocenters. The van der Waals surface area contributed by atoms with Crippen molar-refractivity contribution in [2.75, 3.05) is 10.6 Å². The van der Waals surface area contributed by atoms with Gasteiger partial charge in [-0.2, -0.15) is 0 Å². The Morgan fingerprint density at radius 2 is 1.71 bits per heavy atom. The van der Waals surface area contributed by atoms with Crippen LogP contribution in [-0.2, 0) is 9.59 Å². The highest BCUT2D eigenvalue weighted by Crippen LogP contribution is 2.35. The predicted octanol–water partition coefficient (Wildman–Crippen LogP) is 2.18. The summed E-state index contributed by atoms with van der Waals surface area (Å²) in [5.74, 6) is -0.861. The van der Waals surface area contributed by atoms with Crippen LogP contribution < -0.4 is 10.6 Å². The van der Waals surface area contributed by atoms with Crippen LogP contribution in [0.2, 0.25) is 0 Å². The van der Waals surface area contributed by atoms with Crippen LogP contribution in [0.5, 0.6) is 0 Å². The van der Waals surface area contributed by atoms with Crippen molar-refractivity contribution in [2.24, 2.45) is 11.8 Å². The highest BCUT2D eigenvalue weighted by atomic mass is 79.9. The van der Waals surface area contributed by atoms with Crippen molar-refractivity contribution in [3.63, 3.8) is 0 Å². The largest absolute Gasteiger partial charge is 0.399 e. The van der Waals surface area contributed by atoms with Crippen molar-refractivity contribution in [1.29, 1.82) is 0 Å². The lowest BCUT2D eigenvalue weighted by molar-refractivity contribution is -0.122. The SMILES string of the molecule is CC1C(=O)N(c2ccc(N)cc2Br)C(=O)C1C. The minimum Gasteiger partial charge on any atom is -0.399 e. The van der Waals surface area contributed by atoms with Crippen LogP contribution in [0.3, 0.4) is 0 Å². The first kappa shape index (κ1) is 12.1. The molecule has 2 amide bonds. The van der Waals surface area contributed by atoms with Gasteiger partial charge in [-0.3, -0.25) is 9.59 Å². The summed E-state index contributed by atoms with van der Waals surface area (Å²) in [6, 6.07) is 5.04. The Balaban J connectivity index is 2.47. The monoisotopic (exact) mass is 296 g/mol. The summed E-state index contributed by atoms with van der Waals surface area (Å²) >= 11 is 3.33. The summed E-state index contributed by atoms with van der Waals surface area (Å²) in [6.07, 6.45) is 0. The predicted molar refractivity (Wildman–Crippen MR) is 69.4 cm³/mol. The third-order valence-corrected chi connectivity index (χ3v) is 3.82. The summed E-state index contributed by atoms with van der Waals surface area (Å²) in [5, 5.41) is 0. The second-order valence-electron chi connectivity index (χ2n) is 4.30. The molecule has 0 radical (unpaired) electrons. The maximum absolute atomic E-state index is 12.0. The number of hydrogen-bond acceptors (Lipinski definition) is 3. The van der Waals surface area contributed by atoms with E-state index >= 15 is 0 Å². The molecule has 0 saturated carbocycles. The molecule has 4 nitrogen and oxygen atoms in total. The number of nitrogen functional groups attached to an aromatic ring is 1. The van der Waals surface area contributed by atoms with Gasteiger partial charge in [0.2, 0.25) is 11.8 Å². The Labute approximate surface area is 108 Å². The van der Waals surface area contributed by atoms with E-state index in [9.17, 15) is 9.59 Å². The molecular formula is C12H13BrN2O2. The van der Waals surface area contributed by atoms with Crippen LogP contribution in [-0.4, -0.2) is 11.8 Å². The van der Waals surface area contributed by atoms with E-state index in [4.69, 9.17) is 5.73 Å². The first-order chi connectivity index (χ1) is 7.93. The Kier molecular flexibility index (Phi) is 2.95. The summed E-state index contributed by atoms with van der Waals surface area (Å²) in [7, 11) is 0. The van der Waals surface area contributed by atoms with E-state index in [-0.39, 0.29) is 23.7 Å². The smallest absolute Gasteiger partial charge is 0.237 e. The van der Waals surface area contributed by atoms with Crippen LogP contribution in [0.1, 0.15) is 13.8 Å². The molecule has 1 aromatic rings. The lowest BCUT2D eigenvalue weighted by atomic mass is 10.00. The van der Waals surface area contributed by atoms with E-state index in [0.29, 0.717) is 15.8 Å². The first-order valence-corrected chi connectivity index (χ1v) is 6.15. The number of nitrogens with two attached hydrogens (primary N) is 1. The zero-order valence-corrected chi connectivity index (χ0v) is 11.2. The number of nitrogens with zero attached hydrogens (tertiary/aromatic N) is 1. The van der Waals surface area contributed by atoms with Crippen molar-refractivity contribution in [3.05, 3.63) is 22.7 Å². The van der Waals surface area contributed by atoms with E-state index < -0.39 is 0 Å². The van der Waals surface area contributed by atoms with Gasteiger partial charge < -0.3 is 5.73 Å². The maximum Gasteiger partial charge on any atom is 0.237 e. The van der Waals surface area contributed by atoms with Gasteiger partial charge in [0.05, 0.1) is 5.69 Å². The van der Waals surface area contributed by atoms with Gasteiger partial charge in [0.1, 0.15) is 0 Å². The molecule has 1 saturated heterocycles. The standard InChI is InChI=1S/C12H13BrN2O2/c1-6-7(2)12(17)15(11(6)16)10-4-3-8(14)5-9(10)13/h3-7H,14H2,1-2H3. The molecule has 0 spiro atoms. The van der Waals surface area contributed by atoms with E-state index in [1.54, 1.807) is 32.0 Å². The topological polar surface area (TPSA) is 63.4 Å². The van der Waals surface area contributed by atoms with Crippen LogP contribution >= 0.6 is 15.9 Å². The van der Waals surface area contributed by atoms with E-state index in [1.807, 2.05) is 0 Å². The van der Waals surface area contributed by atoms with Gasteiger partial charge in [-0.05, 0) is 34.1 Å². The molecule has 2 rings (SSSR count). The number of carbonyl (C=O) groups is 2. The zero-order valence-electron chi connectivity index (χ0n) is 9.61. The molecule has 1 aliphatic rings.